The molecular formula is C15H23N5O. The third kappa shape index (κ3) is 4.46. The molecule has 0 aliphatic carbocycles. The SMILES string of the molecule is CC(C)CNCc1nnc(Nc2ccccc2N(C)C)o1. The lowest BCUT2D eigenvalue weighted by Gasteiger charge is -2.16. The van der Waals surface area contributed by atoms with Crippen LogP contribution in [0.4, 0.5) is 17.4 Å². The summed E-state index contributed by atoms with van der Waals surface area (Å²) in [6.07, 6.45) is 0. The van der Waals surface area contributed by atoms with Gasteiger partial charge in [-0.25, -0.2) is 0 Å². The first-order valence-electron chi connectivity index (χ1n) is 7.12. The Morgan fingerprint density at radius 1 is 1.19 bits per heavy atom. The van der Waals surface area contributed by atoms with Gasteiger partial charge in [0, 0.05) is 14.1 Å². The number of rotatable bonds is 7. The zero-order valence-electron chi connectivity index (χ0n) is 13.1. The summed E-state index contributed by atoms with van der Waals surface area (Å²) < 4.78 is 5.59. The number of hydrogen-bond donors (Lipinski definition) is 2. The van der Waals surface area contributed by atoms with Crippen LogP contribution in [0.15, 0.2) is 28.7 Å². The van der Waals surface area contributed by atoms with Crippen molar-refractivity contribution in [2.45, 2.75) is 20.4 Å². The highest BCUT2D eigenvalue weighted by Gasteiger charge is 2.09. The van der Waals surface area contributed by atoms with Gasteiger partial charge in [0.2, 0.25) is 5.89 Å². The maximum atomic E-state index is 5.59. The molecule has 1 aromatic heterocycles. The highest BCUT2D eigenvalue weighted by atomic mass is 16.4. The average molecular weight is 289 g/mol. The summed E-state index contributed by atoms with van der Waals surface area (Å²) >= 11 is 0. The second kappa shape index (κ2) is 7.08. The maximum absolute atomic E-state index is 5.59. The standard InChI is InChI=1S/C15H23N5O/c1-11(2)9-16-10-14-18-19-15(21-14)17-12-7-5-6-8-13(12)20(3)4/h5-8,11,16H,9-10H2,1-4H3,(H,17,19). The minimum Gasteiger partial charge on any atom is -0.406 e. The highest BCUT2D eigenvalue weighted by molar-refractivity contribution is 5.72. The van der Waals surface area contributed by atoms with Crippen LogP contribution in [0.1, 0.15) is 19.7 Å². The van der Waals surface area contributed by atoms with Gasteiger partial charge in [0.25, 0.3) is 0 Å². The zero-order chi connectivity index (χ0) is 15.2. The Kier molecular flexibility index (Phi) is 5.16. The Labute approximate surface area is 125 Å². The van der Waals surface area contributed by atoms with Gasteiger partial charge in [-0.3, -0.25) is 0 Å². The quantitative estimate of drug-likeness (QED) is 0.817. The van der Waals surface area contributed by atoms with Crippen LogP contribution in [0, 0.1) is 5.92 Å². The summed E-state index contributed by atoms with van der Waals surface area (Å²) in [6.45, 7) is 5.83. The molecule has 0 fully saturated rings. The van der Waals surface area contributed by atoms with Crippen molar-refractivity contribution in [2.75, 3.05) is 30.9 Å². The second-order valence-electron chi connectivity index (χ2n) is 5.56. The molecule has 0 bridgehead atoms. The van der Waals surface area contributed by atoms with Gasteiger partial charge in [-0.1, -0.05) is 31.1 Å². The molecule has 6 heteroatoms. The number of benzene rings is 1. The van der Waals surface area contributed by atoms with E-state index in [0.29, 0.717) is 24.4 Å². The first-order chi connectivity index (χ1) is 10.1. The molecule has 0 aliphatic heterocycles. The van der Waals surface area contributed by atoms with Crippen LogP contribution in [0.3, 0.4) is 0 Å². The first kappa shape index (κ1) is 15.3. The zero-order valence-corrected chi connectivity index (χ0v) is 13.1. The summed E-state index contributed by atoms with van der Waals surface area (Å²) in [5, 5.41) is 14.5. The summed E-state index contributed by atoms with van der Waals surface area (Å²) in [5.74, 6) is 1.18. The van der Waals surface area contributed by atoms with Crippen molar-refractivity contribution in [1.82, 2.24) is 15.5 Å². The van der Waals surface area contributed by atoms with Gasteiger partial charge >= 0.3 is 6.01 Å². The van der Waals surface area contributed by atoms with Gasteiger partial charge in [-0.15, -0.1) is 5.10 Å². The van der Waals surface area contributed by atoms with Crippen LogP contribution < -0.4 is 15.5 Å². The molecule has 0 unspecified atom stereocenters. The largest absolute Gasteiger partial charge is 0.406 e. The van der Waals surface area contributed by atoms with E-state index in [2.05, 4.69) is 34.7 Å². The first-order valence-corrected chi connectivity index (χ1v) is 7.12. The smallest absolute Gasteiger partial charge is 0.320 e. The van der Waals surface area contributed by atoms with Crippen LogP contribution in [-0.4, -0.2) is 30.8 Å². The summed E-state index contributed by atoms with van der Waals surface area (Å²) in [5.41, 5.74) is 2.00. The van der Waals surface area contributed by atoms with Gasteiger partial charge in [-0.05, 0) is 24.6 Å². The van der Waals surface area contributed by atoms with E-state index in [1.807, 2.05) is 43.3 Å². The number of aromatic nitrogens is 2. The molecule has 0 atom stereocenters. The van der Waals surface area contributed by atoms with Crippen LogP contribution in [0.25, 0.3) is 0 Å². The fourth-order valence-corrected chi connectivity index (χ4v) is 1.93. The lowest BCUT2D eigenvalue weighted by molar-refractivity contribution is 0.460. The molecule has 114 valence electrons. The summed E-state index contributed by atoms with van der Waals surface area (Å²) in [4.78, 5) is 2.03. The summed E-state index contributed by atoms with van der Waals surface area (Å²) in [7, 11) is 3.99. The van der Waals surface area contributed by atoms with Gasteiger partial charge in [0.05, 0.1) is 17.9 Å². The van der Waals surface area contributed by atoms with E-state index in [0.717, 1.165) is 17.9 Å². The molecule has 1 aromatic carbocycles. The third-order valence-electron chi connectivity index (χ3n) is 2.92. The maximum Gasteiger partial charge on any atom is 0.320 e. The van der Waals surface area contributed by atoms with Gasteiger partial charge < -0.3 is 20.0 Å². The van der Waals surface area contributed by atoms with E-state index in [9.17, 15) is 0 Å². The average Bonchev–Trinajstić information content (AvgIpc) is 2.86. The van der Waals surface area contributed by atoms with Crippen molar-refractivity contribution in [3.8, 4) is 0 Å². The molecular weight excluding hydrogens is 266 g/mol. The van der Waals surface area contributed by atoms with Gasteiger partial charge in [0.15, 0.2) is 0 Å². The normalized spacial score (nSPS) is 10.9. The Hall–Kier alpha value is -2.08. The minimum absolute atomic E-state index is 0.408. The molecule has 0 saturated carbocycles. The van der Waals surface area contributed by atoms with E-state index in [1.165, 1.54) is 0 Å². The van der Waals surface area contributed by atoms with E-state index >= 15 is 0 Å². The number of anilines is 3. The molecule has 21 heavy (non-hydrogen) atoms. The van der Waals surface area contributed by atoms with E-state index in [1.54, 1.807) is 0 Å². The van der Waals surface area contributed by atoms with Crippen molar-refractivity contribution < 1.29 is 4.42 Å². The number of nitrogens with one attached hydrogen (secondary N) is 2. The fourth-order valence-electron chi connectivity index (χ4n) is 1.93. The fraction of sp³-hybridized carbons (Fsp3) is 0.467. The predicted molar refractivity (Wildman–Crippen MR) is 84.9 cm³/mol. The molecule has 0 saturated heterocycles. The van der Waals surface area contributed by atoms with Crippen molar-refractivity contribution in [3.63, 3.8) is 0 Å². The predicted octanol–water partition coefficient (Wildman–Crippen LogP) is 2.62. The molecule has 0 radical (unpaired) electrons. The monoisotopic (exact) mass is 289 g/mol. The molecule has 6 nitrogen and oxygen atoms in total. The Balaban J connectivity index is 1.99. The van der Waals surface area contributed by atoms with Crippen molar-refractivity contribution in [1.29, 1.82) is 0 Å². The van der Waals surface area contributed by atoms with Crippen LogP contribution >= 0.6 is 0 Å². The topological polar surface area (TPSA) is 66.2 Å². The molecule has 2 N–H and O–H groups in total. The van der Waals surface area contributed by atoms with Crippen LogP contribution in [0.2, 0.25) is 0 Å². The summed E-state index contributed by atoms with van der Waals surface area (Å²) in [6, 6.07) is 8.39. The van der Waals surface area contributed by atoms with Crippen molar-refractivity contribution in [2.24, 2.45) is 5.92 Å². The Bertz CT molecular complexity index is 565. The third-order valence-corrected chi connectivity index (χ3v) is 2.92. The minimum atomic E-state index is 0.408. The molecule has 2 aromatic rings. The molecule has 2 rings (SSSR count). The van der Waals surface area contributed by atoms with E-state index < -0.39 is 0 Å². The highest BCUT2D eigenvalue weighted by Crippen LogP contribution is 2.26. The van der Waals surface area contributed by atoms with Crippen molar-refractivity contribution >= 4 is 17.4 Å². The van der Waals surface area contributed by atoms with Crippen LogP contribution in [0.5, 0.6) is 0 Å². The Morgan fingerprint density at radius 2 is 1.95 bits per heavy atom. The molecule has 1 heterocycles. The van der Waals surface area contributed by atoms with Crippen molar-refractivity contribution in [3.05, 3.63) is 30.2 Å². The molecule has 0 aliphatic rings. The second-order valence-corrected chi connectivity index (χ2v) is 5.56. The number of hydrogen-bond acceptors (Lipinski definition) is 6. The van der Waals surface area contributed by atoms with E-state index in [-0.39, 0.29) is 0 Å². The van der Waals surface area contributed by atoms with Gasteiger partial charge in [0.1, 0.15) is 0 Å². The molecule has 0 spiro atoms. The number of para-hydroxylation sites is 2. The number of nitrogens with zero attached hydrogens (tertiary/aromatic N) is 3. The van der Waals surface area contributed by atoms with Gasteiger partial charge in [-0.2, -0.15) is 0 Å². The Morgan fingerprint density at radius 3 is 2.67 bits per heavy atom. The van der Waals surface area contributed by atoms with Crippen LogP contribution in [-0.2, 0) is 6.54 Å². The lowest BCUT2D eigenvalue weighted by Crippen LogP contribution is -2.19. The lowest BCUT2D eigenvalue weighted by atomic mass is 10.2. The van der Waals surface area contributed by atoms with E-state index in [4.69, 9.17) is 4.42 Å². The molecule has 0 amide bonds.